The van der Waals surface area contributed by atoms with Crippen molar-refractivity contribution in [1.29, 1.82) is 0 Å². The second-order valence-electron chi connectivity index (χ2n) is 10.6. The van der Waals surface area contributed by atoms with Crippen LogP contribution in [0, 0.1) is 0 Å². The number of Topliss-reactive ketones (excluding diaryl/α,β-unsaturated/α-hetero) is 2. The molecule has 1 atom stereocenters. The van der Waals surface area contributed by atoms with E-state index in [1.54, 1.807) is 30.5 Å². The van der Waals surface area contributed by atoms with Crippen LogP contribution in [0.1, 0.15) is 78.1 Å². The Hall–Kier alpha value is -4.00. The van der Waals surface area contributed by atoms with Crippen molar-refractivity contribution >= 4 is 17.7 Å². The van der Waals surface area contributed by atoms with E-state index in [4.69, 9.17) is 9.47 Å². The molecule has 0 N–H and O–H groups in total. The minimum atomic E-state index is -0.643. The van der Waals surface area contributed by atoms with Crippen LogP contribution < -0.4 is 4.74 Å². The van der Waals surface area contributed by atoms with E-state index in [2.05, 4.69) is 4.98 Å². The van der Waals surface area contributed by atoms with Crippen molar-refractivity contribution in [3.05, 3.63) is 82.7 Å². The minimum absolute atomic E-state index is 0.147. The number of hydrogen-bond acceptors (Lipinski definition) is 6. The van der Waals surface area contributed by atoms with E-state index >= 15 is 0 Å². The predicted octanol–water partition coefficient (Wildman–Crippen LogP) is 6.24. The third kappa shape index (κ3) is 5.77. The van der Waals surface area contributed by atoms with Crippen molar-refractivity contribution in [2.45, 2.75) is 59.1 Å². The molecule has 1 unspecified atom stereocenters. The second-order valence-corrected chi connectivity index (χ2v) is 10.6. The molecule has 1 amide bonds. The van der Waals surface area contributed by atoms with Gasteiger partial charge < -0.3 is 14.4 Å². The Bertz CT molecular complexity index is 1370. The van der Waals surface area contributed by atoms with Gasteiger partial charge in [0.15, 0.2) is 11.6 Å². The minimum Gasteiger partial charge on any atom is -0.494 e. The van der Waals surface area contributed by atoms with Crippen LogP contribution >= 0.6 is 0 Å². The molecule has 3 aromatic rings. The van der Waals surface area contributed by atoms with Crippen molar-refractivity contribution in [2.24, 2.45) is 0 Å². The summed E-state index contributed by atoms with van der Waals surface area (Å²) in [5.74, 6) is 0.364. The number of methoxy groups -OCH3 is 1. The molecule has 2 heterocycles. The Morgan fingerprint density at radius 2 is 1.66 bits per heavy atom. The molecule has 7 nitrogen and oxygen atoms in total. The number of pyridine rings is 1. The van der Waals surface area contributed by atoms with Crippen LogP contribution in [0.3, 0.4) is 0 Å². The molecule has 1 aliphatic rings. The fourth-order valence-corrected chi connectivity index (χ4v) is 4.92. The Balaban J connectivity index is 1.74. The molecule has 0 saturated carbocycles. The highest BCUT2D eigenvalue weighted by Gasteiger charge is 2.35. The van der Waals surface area contributed by atoms with E-state index < -0.39 is 11.7 Å². The first-order valence-electron chi connectivity index (χ1n) is 12.7. The number of ketones is 2. The van der Waals surface area contributed by atoms with Gasteiger partial charge in [0.25, 0.3) is 0 Å². The largest absolute Gasteiger partial charge is 0.494 e. The fraction of sp³-hybridized carbons (Fsp3) is 0.355. The molecule has 0 fully saturated rings. The van der Waals surface area contributed by atoms with Gasteiger partial charge in [0.2, 0.25) is 0 Å². The Morgan fingerprint density at radius 1 is 1.00 bits per heavy atom. The van der Waals surface area contributed by atoms with E-state index in [-0.39, 0.29) is 17.6 Å². The van der Waals surface area contributed by atoms with Gasteiger partial charge in [0.05, 0.1) is 19.3 Å². The summed E-state index contributed by atoms with van der Waals surface area (Å²) in [6.45, 7) is 8.92. The molecular formula is C31H34N2O5. The van der Waals surface area contributed by atoms with Gasteiger partial charge in [-0.3, -0.25) is 14.6 Å². The average Bonchev–Trinajstić information content (AvgIpc) is 2.87. The van der Waals surface area contributed by atoms with Crippen molar-refractivity contribution in [2.75, 3.05) is 13.7 Å². The lowest BCUT2D eigenvalue weighted by Crippen LogP contribution is -2.44. The molecule has 1 aromatic heterocycles. The summed E-state index contributed by atoms with van der Waals surface area (Å²) < 4.78 is 11.2. The highest BCUT2D eigenvalue weighted by molar-refractivity contribution is 6.07. The summed E-state index contributed by atoms with van der Waals surface area (Å²) in [6, 6.07) is 13.3. The lowest BCUT2D eigenvalue weighted by molar-refractivity contribution is 0.0141. The van der Waals surface area contributed by atoms with Crippen molar-refractivity contribution in [3.63, 3.8) is 0 Å². The molecule has 7 heteroatoms. The van der Waals surface area contributed by atoms with Crippen molar-refractivity contribution in [1.82, 2.24) is 9.88 Å². The molecule has 0 bridgehead atoms. The average molecular weight is 515 g/mol. The molecular weight excluding hydrogens is 480 g/mol. The zero-order chi connectivity index (χ0) is 27.6. The van der Waals surface area contributed by atoms with Crippen LogP contribution in [-0.4, -0.2) is 46.8 Å². The Kier molecular flexibility index (Phi) is 7.67. The maximum atomic E-state index is 13.3. The lowest BCUT2D eigenvalue weighted by Gasteiger charge is -2.38. The maximum Gasteiger partial charge on any atom is 0.410 e. The topological polar surface area (TPSA) is 85.8 Å². The molecule has 0 spiro atoms. The zero-order valence-corrected chi connectivity index (χ0v) is 22.8. The number of rotatable bonds is 6. The maximum absolute atomic E-state index is 13.3. The van der Waals surface area contributed by atoms with E-state index in [9.17, 15) is 14.4 Å². The summed E-state index contributed by atoms with van der Waals surface area (Å²) in [5, 5.41) is 0. The molecule has 198 valence electrons. The number of amides is 1. The van der Waals surface area contributed by atoms with Crippen LogP contribution in [0.2, 0.25) is 0 Å². The van der Waals surface area contributed by atoms with Crippen molar-refractivity contribution < 1.29 is 23.9 Å². The van der Waals surface area contributed by atoms with E-state index in [0.717, 1.165) is 27.8 Å². The number of benzene rings is 2. The van der Waals surface area contributed by atoms with Crippen LogP contribution in [0.25, 0.3) is 11.1 Å². The number of carbonyl (C=O) groups excluding carboxylic acids is 3. The molecule has 0 saturated heterocycles. The third-order valence-corrected chi connectivity index (χ3v) is 6.72. The van der Waals surface area contributed by atoms with E-state index in [1.165, 1.54) is 13.8 Å². The van der Waals surface area contributed by atoms with Crippen LogP contribution in [0.4, 0.5) is 4.79 Å². The fourth-order valence-electron chi connectivity index (χ4n) is 4.92. The number of fused-ring (bicyclic) bond motifs is 1. The van der Waals surface area contributed by atoms with Crippen LogP contribution in [-0.2, 0) is 17.6 Å². The van der Waals surface area contributed by atoms with Crippen LogP contribution in [0.5, 0.6) is 5.75 Å². The Labute approximate surface area is 223 Å². The number of ether oxygens (including phenoxy) is 2. The monoisotopic (exact) mass is 514 g/mol. The standard InChI is InChI=1S/C31H34N2O5/c1-19(34)25-16-23-12-14-33(30(36)38-31(3,4)5)28(27(23)17-26(25)20(2)35)15-21-7-9-22(10-8-21)24-11-13-32-18-29(24)37-6/h7-11,13,16-18,28H,12,14-15H2,1-6H3. The van der Waals surface area contributed by atoms with Crippen molar-refractivity contribution in [3.8, 4) is 16.9 Å². The number of nitrogens with zero attached hydrogens (tertiary/aromatic N) is 2. The molecule has 2 aromatic carbocycles. The van der Waals surface area contributed by atoms with Gasteiger partial charge in [-0.2, -0.15) is 0 Å². The van der Waals surface area contributed by atoms with Gasteiger partial charge in [-0.1, -0.05) is 24.3 Å². The van der Waals surface area contributed by atoms with Gasteiger partial charge in [-0.15, -0.1) is 0 Å². The number of aromatic nitrogens is 1. The van der Waals surface area contributed by atoms with E-state index in [1.807, 2.05) is 57.2 Å². The molecule has 0 aliphatic carbocycles. The zero-order valence-electron chi connectivity index (χ0n) is 22.8. The van der Waals surface area contributed by atoms with Gasteiger partial charge >= 0.3 is 6.09 Å². The lowest BCUT2D eigenvalue weighted by atomic mass is 9.84. The summed E-state index contributed by atoms with van der Waals surface area (Å²) in [4.78, 5) is 43.9. The molecule has 0 radical (unpaired) electrons. The second kappa shape index (κ2) is 10.8. The smallest absolute Gasteiger partial charge is 0.410 e. The number of hydrogen-bond donors (Lipinski definition) is 0. The Morgan fingerprint density at radius 3 is 2.26 bits per heavy atom. The normalized spacial score (nSPS) is 15.0. The molecule has 38 heavy (non-hydrogen) atoms. The first-order valence-corrected chi connectivity index (χ1v) is 12.7. The first-order chi connectivity index (χ1) is 18.0. The molecule has 1 aliphatic heterocycles. The molecule has 4 rings (SSSR count). The summed E-state index contributed by atoms with van der Waals surface area (Å²) in [6.07, 6.45) is 4.11. The predicted molar refractivity (Wildman–Crippen MR) is 146 cm³/mol. The SMILES string of the molecule is COc1cnccc1-c1ccc(CC2c3cc(C(C)=O)c(C(C)=O)cc3CCN2C(=O)OC(C)(C)C)cc1. The highest BCUT2D eigenvalue weighted by Crippen LogP contribution is 2.37. The highest BCUT2D eigenvalue weighted by atomic mass is 16.6. The summed E-state index contributed by atoms with van der Waals surface area (Å²) >= 11 is 0. The quantitative estimate of drug-likeness (QED) is 0.362. The van der Waals surface area contributed by atoms with E-state index in [0.29, 0.717) is 36.3 Å². The van der Waals surface area contributed by atoms with Gasteiger partial charge in [-0.05, 0) is 87.9 Å². The van der Waals surface area contributed by atoms with Gasteiger partial charge in [0.1, 0.15) is 11.4 Å². The summed E-state index contributed by atoms with van der Waals surface area (Å²) in [7, 11) is 1.62. The first kappa shape index (κ1) is 27.0. The number of carbonyl (C=O) groups is 3. The van der Waals surface area contributed by atoms with Gasteiger partial charge in [-0.25, -0.2) is 4.79 Å². The van der Waals surface area contributed by atoms with Gasteiger partial charge in [0, 0.05) is 29.4 Å². The third-order valence-electron chi connectivity index (χ3n) is 6.72. The summed E-state index contributed by atoms with van der Waals surface area (Å²) in [5.41, 5.74) is 4.97. The van der Waals surface area contributed by atoms with Crippen LogP contribution in [0.15, 0.2) is 54.9 Å².